The fourth-order valence-electron chi connectivity index (χ4n) is 1.88. The summed E-state index contributed by atoms with van der Waals surface area (Å²) in [4.78, 5) is 8.05. The van der Waals surface area contributed by atoms with E-state index in [2.05, 4.69) is 31.2 Å². The molecule has 0 bridgehead atoms. The number of rotatable bonds is 4. The molecule has 0 saturated carbocycles. The summed E-state index contributed by atoms with van der Waals surface area (Å²) in [5.74, 6) is 0.639. The van der Waals surface area contributed by atoms with Crippen LogP contribution in [0.15, 0.2) is 59.3 Å². The predicted molar refractivity (Wildman–Crippen MR) is 90.3 cm³/mol. The highest BCUT2D eigenvalue weighted by Gasteiger charge is 2.12. The first-order valence-electron chi connectivity index (χ1n) is 6.69. The summed E-state index contributed by atoms with van der Waals surface area (Å²) in [6, 6.07) is 13.8. The van der Waals surface area contributed by atoms with Crippen LogP contribution in [-0.4, -0.2) is 9.97 Å². The van der Waals surface area contributed by atoms with E-state index in [9.17, 15) is 4.39 Å². The Balaban J connectivity index is 1.87. The number of hydrogen-bond donors (Lipinski definition) is 2. The Hall–Kier alpha value is -2.67. The van der Waals surface area contributed by atoms with Crippen LogP contribution in [0.4, 0.5) is 21.6 Å². The Bertz CT molecular complexity index is 830. The van der Waals surface area contributed by atoms with Crippen LogP contribution in [0.1, 0.15) is 0 Å². The lowest BCUT2D eigenvalue weighted by molar-refractivity contribution is 0.464. The van der Waals surface area contributed by atoms with Gasteiger partial charge in [0, 0.05) is 4.47 Å². The summed E-state index contributed by atoms with van der Waals surface area (Å²) in [6.45, 7) is 0. The highest BCUT2D eigenvalue weighted by Crippen LogP contribution is 2.31. The summed E-state index contributed by atoms with van der Waals surface area (Å²) in [5, 5.41) is 2.84. The lowest BCUT2D eigenvalue weighted by Gasteiger charge is -2.12. The van der Waals surface area contributed by atoms with Crippen LogP contribution in [-0.2, 0) is 0 Å². The van der Waals surface area contributed by atoms with E-state index in [4.69, 9.17) is 10.5 Å². The van der Waals surface area contributed by atoms with E-state index in [-0.39, 0.29) is 23.1 Å². The molecule has 0 aliphatic carbocycles. The minimum atomic E-state index is -0.428. The summed E-state index contributed by atoms with van der Waals surface area (Å²) in [5.41, 5.74) is 6.46. The molecule has 0 atom stereocenters. The minimum Gasteiger partial charge on any atom is -0.437 e. The number of aromatic nitrogens is 2. The van der Waals surface area contributed by atoms with E-state index >= 15 is 0 Å². The standard InChI is InChI=1S/C16H12BrFN4O/c17-10-6-7-13(12(18)8-10)22-15-14(19)16(21-9-20-15)23-11-4-2-1-3-5-11/h1-9H,19H2,(H,20,21,22). The van der Waals surface area contributed by atoms with Crippen molar-refractivity contribution in [2.45, 2.75) is 0 Å². The number of nitrogens with one attached hydrogen (secondary N) is 1. The first-order valence-corrected chi connectivity index (χ1v) is 7.48. The molecule has 5 nitrogen and oxygen atoms in total. The first kappa shape index (κ1) is 15.2. The Morgan fingerprint density at radius 2 is 1.87 bits per heavy atom. The van der Waals surface area contributed by atoms with Crippen molar-refractivity contribution in [1.29, 1.82) is 0 Å². The van der Waals surface area contributed by atoms with Gasteiger partial charge in [-0.25, -0.2) is 9.37 Å². The third-order valence-corrected chi connectivity index (χ3v) is 3.48. The van der Waals surface area contributed by atoms with Crippen molar-refractivity contribution in [2.75, 3.05) is 11.1 Å². The molecule has 1 aromatic heterocycles. The van der Waals surface area contributed by atoms with Crippen LogP contribution in [0.2, 0.25) is 0 Å². The van der Waals surface area contributed by atoms with Gasteiger partial charge >= 0.3 is 0 Å². The number of anilines is 3. The van der Waals surface area contributed by atoms with Crippen molar-refractivity contribution in [2.24, 2.45) is 0 Å². The van der Waals surface area contributed by atoms with Crippen LogP contribution in [0.5, 0.6) is 11.6 Å². The molecule has 23 heavy (non-hydrogen) atoms. The summed E-state index contributed by atoms with van der Waals surface area (Å²) in [7, 11) is 0. The molecular formula is C16H12BrFN4O. The number of ether oxygens (including phenoxy) is 1. The van der Waals surface area contributed by atoms with Crippen molar-refractivity contribution in [3.63, 3.8) is 0 Å². The van der Waals surface area contributed by atoms with Crippen molar-refractivity contribution >= 4 is 33.1 Å². The third kappa shape index (κ3) is 3.57. The van der Waals surface area contributed by atoms with Crippen molar-refractivity contribution in [1.82, 2.24) is 9.97 Å². The second kappa shape index (κ2) is 6.62. The van der Waals surface area contributed by atoms with Gasteiger partial charge in [-0.1, -0.05) is 34.1 Å². The number of benzene rings is 2. The van der Waals surface area contributed by atoms with Crippen molar-refractivity contribution < 1.29 is 9.13 Å². The van der Waals surface area contributed by atoms with E-state index < -0.39 is 5.82 Å². The fraction of sp³-hybridized carbons (Fsp3) is 0. The van der Waals surface area contributed by atoms with Crippen molar-refractivity contribution in [3.8, 4) is 11.6 Å². The fourth-order valence-corrected chi connectivity index (χ4v) is 2.21. The lowest BCUT2D eigenvalue weighted by atomic mass is 10.3. The molecule has 0 fully saturated rings. The van der Waals surface area contributed by atoms with Gasteiger partial charge in [-0.15, -0.1) is 0 Å². The first-order chi connectivity index (χ1) is 11.1. The van der Waals surface area contributed by atoms with E-state index in [1.807, 2.05) is 18.2 Å². The van der Waals surface area contributed by atoms with Gasteiger partial charge in [0.25, 0.3) is 0 Å². The third-order valence-electron chi connectivity index (χ3n) is 2.99. The monoisotopic (exact) mass is 374 g/mol. The smallest absolute Gasteiger partial charge is 0.248 e. The lowest BCUT2D eigenvalue weighted by Crippen LogP contribution is -2.04. The zero-order valence-corrected chi connectivity index (χ0v) is 13.4. The molecule has 2 aromatic carbocycles. The molecule has 3 aromatic rings. The molecule has 0 aliphatic rings. The number of nitrogens with two attached hydrogens (primary N) is 1. The molecule has 116 valence electrons. The molecule has 7 heteroatoms. The number of nitrogens with zero attached hydrogens (tertiary/aromatic N) is 2. The Labute approximate surface area is 140 Å². The molecule has 3 N–H and O–H groups in total. The average Bonchev–Trinajstić information content (AvgIpc) is 2.54. The molecular weight excluding hydrogens is 363 g/mol. The minimum absolute atomic E-state index is 0.193. The van der Waals surface area contributed by atoms with Gasteiger partial charge < -0.3 is 15.8 Å². The molecule has 3 rings (SSSR count). The van der Waals surface area contributed by atoms with Crippen LogP contribution in [0.25, 0.3) is 0 Å². The van der Waals surface area contributed by atoms with Crippen LogP contribution >= 0.6 is 15.9 Å². The van der Waals surface area contributed by atoms with Gasteiger partial charge in [-0.2, -0.15) is 4.98 Å². The van der Waals surface area contributed by atoms with Gasteiger partial charge in [-0.3, -0.25) is 0 Å². The van der Waals surface area contributed by atoms with Gasteiger partial charge in [0.05, 0.1) is 5.69 Å². The highest BCUT2D eigenvalue weighted by atomic mass is 79.9. The maximum absolute atomic E-state index is 13.9. The normalized spacial score (nSPS) is 10.3. The Kier molecular flexibility index (Phi) is 4.38. The quantitative estimate of drug-likeness (QED) is 0.703. The molecule has 0 unspecified atom stereocenters. The Morgan fingerprint density at radius 1 is 1.09 bits per heavy atom. The van der Waals surface area contributed by atoms with Crippen LogP contribution in [0, 0.1) is 5.82 Å². The van der Waals surface area contributed by atoms with Gasteiger partial charge in [0.1, 0.15) is 23.6 Å². The number of hydrogen-bond acceptors (Lipinski definition) is 5. The highest BCUT2D eigenvalue weighted by molar-refractivity contribution is 9.10. The molecule has 0 saturated heterocycles. The maximum Gasteiger partial charge on any atom is 0.248 e. The zero-order valence-electron chi connectivity index (χ0n) is 11.8. The number of halogens is 2. The van der Waals surface area contributed by atoms with E-state index in [0.29, 0.717) is 10.2 Å². The van der Waals surface area contributed by atoms with Crippen molar-refractivity contribution in [3.05, 3.63) is 65.1 Å². The molecule has 0 amide bonds. The largest absolute Gasteiger partial charge is 0.437 e. The summed E-state index contributed by atoms with van der Waals surface area (Å²) >= 11 is 3.21. The zero-order chi connectivity index (χ0) is 16.2. The molecule has 0 spiro atoms. The number of para-hydroxylation sites is 1. The summed E-state index contributed by atoms with van der Waals surface area (Å²) < 4.78 is 20.2. The second-order valence-corrected chi connectivity index (χ2v) is 5.52. The maximum atomic E-state index is 13.9. The van der Waals surface area contributed by atoms with Crippen LogP contribution < -0.4 is 15.8 Å². The van der Waals surface area contributed by atoms with Gasteiger partial charge in [0.15, 0.2) is 5.82 Å². The topological polar surface area (TPSA) is 73.1 Å². The Morgan fingerprint density at radius 3 is 2.61 bits per heavy atom. The van der Waals surface area contributed by atoms with E-state index in [1.54, 1.807) is 24.3 Å². The van der Waals surface area contributed by atoms with Crippen LogP contribution in [0.3, 0.4) is 0 Å². The second-order valence-electron chi connectivity index (χ2n) is 4.61. The van der Waals surface area contributed by atoms with E-state index in [0.717, 1.165) is 0 Å². The van der Waals surface area contributed by atoms with E-state index in [1.165, 1.54) is 12.4 Å². The number of nitrogen functional groups attached to an aromatic ring is 1. The van der Waals surface area contributed by atoms with Gasteiger partial charge in [0.2, 0.25) is 5.88 Å². The SMILES string of the molecule is Nc1c(Nc2ccc(Br)cc2F)ncnc1Oc1ccccc1. The molecule has 0 radical (unpaired) electrons. The summed E-state index contributed by atoms with van der Waals surface area (Å²) in [6.07, 6.45) is 1.30. The molecule has 1 heterocycles. The van der Waals surface area contributed by atoms with Gasteiger partial charge in [-0.05, 0) is 30.3 Å². The molecule has 0 aliphatic heterocycles. The average molecular weight is 375 g/mol. The predicted octanol–water partition coefficient (Wildman–Crippen LogP) is 4.50.